The van der Waals surface area contributed by atoms with Crippen molar-refractivity contribution in [2.45, 2.75) is 34.6 Å². The largest absolute Gasteiger partial charge is 0.302 e. The third kappa shape index (κ3) is 5.12. The molecule has 3 N–H and O–H groups in total. The molecule has 102 valence electrons. The Morgan fingerprint density at radius 2 is 1.44 bits per heavy atom. The van der Waals surface area contributed by atoms with Crippen LogP contribution in [0.1, 0.15) is 28.2 Å². The lowest BCUT2D eigenvalue weighted by Gasteiger charge is -1.83. The van der Waals surface area contributed by atoms with Crippen LogP contribution in [0.2, 0.25) is 0 Å². The van der Waals surface area contributed by atoms with E-state index in [1.54, 1.807) is 6.92 Å². The lowest BCUT2D eigenvalue weighted by Crippen LogP contribution is -2.00. The van der Waals surface area contributed by atoms with Crippen molar-refractivity contribution >= 4 is 37.2 Å². The number of nitrogens with zero attached hydrogens (tertiary/aromatic N) is 1. The molecule has 2 aromatic rings. The fraction of sp³-hybridized carbons (Fsp3) is 0.455. The van der Waals surface area contributed by atoms with E-state index in [1.165, 1.54) is 11.3 Å². The predicted molar refractivity (Wildman–Crippen MR) is 91.7 cm³/mol. The van der Waals surface area contributed by atoms with Gasteiger partial charge in [-0.2, -0.15) is 5.10 Å². The lowest BCUT2D eigenvalue weighted by atomic mass is 10.2. The highest BCUT2D eigenvalue weighted by molar-refractivity contribution is 15.0. The van der Waals surface area contributed by atoms with Crippen LogP contribution in [-0.4, -0.2) is 20.4 Å². The quantitative estimate of drug-likeness (QED) is 0.510. The molecule has 0 unspecified atom stereocenters. The summed E-state index contributed by atoms with van der Waals surface area (Å²) in [5, 5.41) is 12.0. The highest BCUT2D eigenvalue weighted by Gasteiger charge is 1.96. The van der Waals surface area contributed by atoms with Crippen molar-refractivity contribution in [1.29, 1.82) is 0 Å². The van der Waals surface area contributed by atoms with Crippen molar-refractivity contribution in [2.24, 2.45) is 0 Å². The molecule has 0 aliphatic heterocycles. The SMILES string of the molecule is Cc1[nH][nH]c(=O)c1C.Cc1n[nH]c(C)c1C.II. The Kier molecular flexibility index (Phi) is 8.57. The highest BCUT2D eigenvalue weighted by atomic mass is 128. The third-order valence-electron chi connectivity index (χ3n) is 2.76. The summed E-state index contributed by atoms with van der Waals surface area (Å²) in [4.78, 5) is 10.6. The van der Waals surface area contributed by atoms with Crippen LogP contribution < -0.4 is 5.56 Å². The van der Waals surface area contributed by atoms with Crippen LogP contribution in [-0.2, 0) is 0 Å². The van der Waals surface area contributed by atoms with Crippen LogP contribution >= 0.6 is 37.2 Å². The summed E-state index contributed by atoms with van der Waals surface area (Å²) in [7, 11) is 0. The molecule has 2 rings (SSSR count). The van der Waals surface area contributed by atoms with Gasteiger partial charge in [0, 0.05) is 54.2 Å². The number of hydrogen-bond donors (Lipinski definition) is 3. The molecule has 7 heteroatoms. The molecule has 0 aliphatic rings. The minimum Gasteiger partial charge on any atom is -0.302 e. The van der Waals surface area contributed by atoms with E-state index in [1.807, 2.05) is 20.8 Å². The van der Waals surface area contributed by atoms with Gasteiger partial charge in [-0.25, -0.2) is 0 Å². The van der Waals surface area contributed by atoms with Crippen LogP contribution in [0, 0.1) is 34.6 Å². The Morgan fingerprint density at radius 3 is 1.56 bits per heavy atom. The second-order valence-electron chi connectivity index (χ2n) is 3.89. The summed E-state index contributed by atoms with van der Waals surface area (Å²) in [5.41, 5.74) is 5.19. The third-order valence-corrected chi connectivity index (χ3v) is 2.76. The van der Waals surface area contributed by atoms with E-state index in [0.29, 0.717) is 0 Å². The maximum absolute atomic E-state index is 10.6. The fourth-order valence-corrected chi connectivity index (χ4v) is 1.12. The van der Waals surface area contributed by atoms with E-state index in [9.17, 15) is 4.79 Å². The van der Waals surface area contributed by atoms with Gasteiger partial charge >= 0.3 is 0 Å². The van der Waals surface area contributed by atoms with Gasteiger partial charge in [0.1, 0.15) is 0 Å². The monoisotopic (exact) mass is 476 g/mol. The van der Waals surface area contributed by atoms with Crippen molar-refractivity contribution in [1.82, 2.24) is 20.4 Å². The fourth-order valence-electron chi connectivity index (χ4n) is 1.12. The molecule has 0 fully saturated rings. The molecule has 2 aromatic heterocycles. The van der Waals surface area contributed by atoms with Crippen molar-refractivity contribution in [3.63, 3.8) is 0 Å². The van der Waals surface area contributed by atoms with Crippen LogP contribution in [0.15, 0.2) is 4.79 Å². The molecule has 0 aliphatic carbocycles. The van der Waals surface area contributed by atoms with Crippen molar-refractivity contribution in [3.05, 3.63) is 38.6 Å². The lowest BCUT2D eigenvalue weighted by molar-refractivity contribution is 1.02. The molecule has 0 saturated carbocycles. The van der Waals surface area contributed by atoms with Crippen molar-refractivity contribution in [3.8, 4) is 0 Å². The van der Waals surface area contributed by atoms with Crippen LogP contribution in [0.4, 0.5) is 0 Å². The first kappa shape index (κ1) is 17.7. The van der Waals surface area contributed by atoms with E-state index in [0.717, 1.165) is 17.0 Å². The average molecular weight is 476 g/mol. The standard InChI is InChI=1S/C6H10N2.C5H8N2O.I2/c1-4-5(2)7-8-6(4)3;1-3-4(2)6-7-5(3)8;1-2/h1-3H3,(H,7,8);1-2H3,(H2,6,7,8);. The zero-order chi connectivity index (χ0) is 14.3. The second kappa shape index (κ2) is 8.73. The van der Waals surface area contributed by atoms with Gasteiger partial charge in [-0.15, -0.1) is 0 Å². The molecule has 0 amide bonds. The molecular weight excluding hydrogens is 458 g/mol. The molecule has 0 saturated heterocycles. The van der Waals surface area contributed by atoms with Crippen LogP contribution in [0.25, 0.3) is 0 Å². The summed E-state index contributed by atoms with van der Waals surface area (Å²) in [6.07, 6.45) is 0. The van der Waals surface area contributed by atoms with Crippen molar-refractivity contribution < 1.29 is 0 Å². The highest BCUT2D eigenvalue weighted by Crippen LogP contribution is 2.04. The minimum absolute atomic E-state index is 0.0255. The molecule has 0 aromatic carbocycles. The zero-order valence-corrected chi connectivity index (χ0v) is 15.4. The molecular formula is C11H18I2N4O. The molecule has 0 bridgehead atoms. The van der Waals surface area contributed by atoms with Crippen LogP contribution in [0.5, 0.6) is 0 Å². The second-order valence-corrected chi connectivity index (χ2v) is 3.89. The Morgan fingerprint density at radius 1 is 0.889 bits per heavy atom. The predicted octanol–water partition coefficient (Wildman–Crippen LogP) is 3.43. The number of aromatic nitrogens is 4. The number of aryl methyl sites for hydroxylation is 3. The number of halogens is 2. The van der Waals surface area contributed by atoms with Gasteiger partial charge in [0.25, 0.3) is 5.56 Å². The molecule has 0 atom stereocenters. The van der Waals surface area contributed by atoms with Gasteiger partial charge in [0.2, 0.25) is 0 Å². The van der Waals surface area contributed by atoms with E-state index in [4.69, 9.17) is 0 Å². The van der Waals surface area contributed by atoms with E-state index < -0.39 is 0 Å². The van der Waals surface area contributed by atoms with Gasteiger partial charge in [0.15, 0.2) is 0 Å². The molecule has 2 heterocycles. The maximum atomic E-state index is 10.6. The number of H-pyrrole nitrogens is 3. The van der Waals surface area contributed by atoms with Crippen molar-refractivity contribution in [2.75, 3.05) is 0 Å². The van der Waals surface area contributed by atoms with Gasteiger partial charge in [0.05, 0.1) is 5.69 Å². The zero-order valence-electron chi connectivity index (χ0n) is 11.1. The number of aromatic amines is 3. The Labute approximate surface area is 130 Å². The van der Waals surface area contributed by atoms with Gasteiger partial charge in [-0.3, -0.25) is 15.0 Å². The molecule has 18 heavy (non-hydrogen) atoms. The smallest absolute Gasteiger partial charge is 0.267 e. The topological polar surface area (TPSA) is 77.3 Å². The van der Waals surface area contributed by atoms with Gasteiger partial charge in [-0.05, 0) is 40.2 Å². The average Bonchev–Trinajstić information content (AvgIpc) is 2.83. The molecule has 5 nitrogen and oxygen atoms in total. The Hall–Kier alpha value is -0.320. The van der Waals surface area contributed by atoms with E-state index in [-0.39, 0.29) is 5.56 Å². The first-order valence-corrected chi connectivity index (χ1v) is 11.6. The summed E-state index contributed by atoms with van der Waals surface area (Å²) < 4.78 is 0. The van der Waals surface area contributed by atoms with E-state index in [2.05, 4.69) is 64.6 Å². The number of hydrogen-bond acceptors (Lipinski definition) is 2. The molecule has 0 spiro atoms. The minimum atomic E-state index is -0.0255. The number of rotatable bonds is 0. The van der Waals surface area contributed by atoms with E-state index >= 15 is 0 Å². The summed E-state index contributed by atoms with van der Waals surface area (Å²) >= 11 is 4.24. The first-order valence-electron chi connectivity index (χ1n) is 5.29. The Bertz CT molecular complexity index is 508. The summed E-state index contributed by atoms with van der Waals surface area (Å²) in [6, 6.07) is 0. The Balaban J connectivity index is 0.000000283. The first-order chi connectivity index (χ1) is 8.43. The maximum Gasteiger partial charge on any atom is 0.267 e. The van der Waals surface area contributed by atoms with Crippen LogP contribution in [0.3, 0.4) is 0 Å². The van der Waals surface area contributed by atoms with Gasteiger partial charge in [-0.1, -0.05) is 0 Å². The number of nitrogens with one attached hydrogen (secondary N) is 3. The normalized spacial score (nSPS) is 9.06. The molecule has 0 radical (unpaired) electrons. The summed E-state index contributed by atoms with van der Waals surface area (Å²) in [5.74, 6) is 0. The summed E-state index contributed by atoms with van der Waals surface area (Å²) in [6.45, 7) is 9.72. The van der Waals surface area contributed by atoms with Gasteiger partial charge < -0.3 is 5.10 Å².